The summed E-state index contributed by atoms with van der Waals surface area (Å²) in [5.74, 6) is -1.20. The third-order valence-electron chi connectivity index (χ3n) is 4.31. The van der Waals surface area contributed by atoms with Crippen molar-refractivity contribution in [3.63, 3.8) is 0 Å². The van der Waals surface area contributed by atoms with Gasteiger partial charge < -0.3 is 10.7 Å². The van der Waals surface area contributed by atoms with E-state index in [4.69, 9.17) is 5.41 Å². The van der Waals surface area contributed by atoms with Crippen LogP contribution in [0.25, 0.3) is 16.6 Å². The highest BCUT2D eigenvalue weighted by atomic mass is 19.1. The highest BCUT2D eigenvalue weighted by Gasteiger charge is 2.18. The Morgan fingerprint density at radius 3 is 2.79 bits per heavy atom. The lowest BCUT2D eigenvalue weighted by atomic mass is 10.1. The van der Waals surface area contributed by atoms with Gasteiger partial charge in [-0.2, -0.15) is 0 Å². The van der Waals surface area contributed by atoms with Crippen LogP contribution in [-0.4, -0.2) is 33.6 Å². The van der Waals surface area contributed by atoms with Crippen LogP contribution in [0.4, 0.5) is 19.4 Å². The fraction of sp³-hybridized carbons (Fsp3) is 0.263. The van der Waals surface area contributed by atoms with Crippen LogP contribution in [0.5, 0.6) is 0 Å². The summed E-state index contributed by atoms with van der Waals surface area (Å²) in [6.45, 7) is 4.54. The Kier molecular flexibility index (Phi) is 5.71. The predicted molar refractivity (Wildman–Crippen MR) is 106 cm³/mol. The molecule has 4 N–H and O–H groups in total. The molecule has 0 aliphatic heterocycles. The number of pyridine rings is 1. The number of carbonyl (C=O) groups is 1. The lowest BCUT2D eigenvalue weighted by Gasteiger charge is -2.10. The highest BCUT2D eigenvalue weighted by Crippen LogP contribution is 2.21. The molecule has 2 aromatic heterocycles. The quantitative estimate of drug-likeness (QED) is 0.475. The molecule has 3 rings (SSSR count). The molecule has 0 aliphatic carbocycles. The van der Waals surface area contributed by atoms with E-state index >= 15 is 0 Å². The zero-order valence-corrected chi connectivity index (χ0v) is 15.8. The van der Waals surface area contributed by atoms with E-state index in [9.17, 15) is 18.4 Å². The van der Waals surface area contributed by atoms with Crippen molar-refractivity contribution in [2.45, 2.75) is 20.3 Å². The molecule has 10 heteroatoms. The Morgan fingerprint density at radius 1 is 1.38 bits per heavy atom. The van der Waals surface area contributed by atoms with Gasteiger partial charge in [-0.25, -0.2) is 23.2 Å². The molecule has 3 aromatic rings. The third-order valence-corrected chi connectivity index (χ3v) is 4.31. The highest BCUT2D eigenvalue weighted by molar-refractivity contribution is 6.04. The van der Waals surface area contributed by atoms with E-state index in [0.717, 1.165) is 29.4 Å². The average molecular weight is 402 g/mol. The summed E-state index contributed by atoms with van der Waals surface area (Å²) in [6, 6.07) is 2.32. The van der Waals surface area contributed by atoms with Crippen molar-refractivity contribution in [2.75, 3.05) is 11.9 Å². The van der Waals surface area contributed by atoms with Gasteiger partial charge >= 0.3 is 6.03 Å². The molecular weight excluding hydrogens is 382 g/mol. The van der Waals surface area contributed by atoms with Crippen LogP contribution >= 0.6 is 0 Å². The van der Waals surface area contributed by atoms with Gasteiger partial charge in [0.1, 0.15) is 17.3 Å². The van der Waals surface area contributed by atoms with Crippen molar-refractivity contribution in [2.24, 2.45) is 5.92 Å². The van der Waals surface area contributed by atoms with Crippen LogP contribution in [0.3, 0.4) is 0 Å². The Morgan fingerprint density at radius 2 is 2.14 bits per heavy atom. The zero-order valence-electron chi connectivity index (χ0n) is 15.8. The number of H-pyrrole nitrogens is 1. The van der Waals surface area contributed by atoms with Crippen molar-refractivity contribution < 1.29 is 13.6 Å². The molecule has 0 saturated heterocycles. The number of urea groups is 1. The maximum atomic E-state index is 14.1. The number of hydrogen-bond acceptors (Lipinski definition) is 4. The first-order chi connectivity index (χ1) is 13.8. The lowest BCUT2D eigenvalue weighted by molar-refractivity contribution is 0.251. The molecule has 0 atom stereocenters. The first-order valence-corrected chi connectivity index (χ1v) is 8.96. The number of halogens is 2. The van der Waals surface area contributed by atoms with Gasteiger partial charge in [-0.05, 0) is 24.5 Å². The standard InChI is InChI=1S/C19H20F2N6O2/c1-10(2)5-6-23-19(29)25-17-12(8-22)16-13(9-24-17)18(28)27(26-16)15-4-3-11(20)7-14(15)21/h3-4,7-10,22,26H,5-6H2,1-2H3,(H2,23,24,25,29). The number of amides is 2. The van der Waals surface area contributed by atoms with Crippen LogP contribution < -0.4 is 16.2 Å². The summed E-state index contributed by atoms with van der Waals surface area (Å²) in [5.41, 5.74) is -0.445. The van der Waals surface area contributed by atoms with Gasteiger partial charge in [0.25, 0.3) is 5.56 Å². The average Bonchev–Trinajstić information content (AvgIpc) is 2.98. The number of nitrogens with zero attached hydrogens (tertiary/aromatic N) is 2. The van der Waals surface area contributed by atoms with Crippen molar-refractivity contribution in [1.29, 1.82) is 5.41 Å². The van der Waals surface area contributed by atoms with Gasteiger partial charge in [0, 0.05) is 25.0 Å². The second kappa shape index (κ2) is 8.21. The number of fused-ring (bicyclic) bond motifs is 1. The van der Waals surface area contributed by atoms with E-state index in [1.54, 1.807) is 0 Å². The van der Waals surface area contributed by atoms with Gasteiger partial charge in [-0.15, -0.1) is 0 Å². The van der Waals surface area contributed by atoms with Gasteiger partial charge in [0.05, 0.1) is 16.5 Å². The van der Waals surface area contributed by atoms with E-state index in [0.29, 0.717) is 18.5 Å². The minimum absolute atomic E-state index is 0.0718. The van der Waals surface area contributed by atoms with Gasteiger partial charge in [0.15, 0.2) is 5.82 Å². The number of aromatic amines is 1. The van der Waals surface area contributed by atoms with Gasteiger partial charge in [-0.3, -0.25) is 15.2 Å². The number of aromatic nitrogens is 3. The Hall–Kier alpha value is -3.56. The fourth-order valence-corrected chi connectivity index (χ4v) is 2.79. The van der Waals surface area contributed by atoms with Crippen molar-refractivity contribution in [3.05, 3.63) is 51.9 Å². The summed E-state index contributed by atoms with van der Waals surface area (Å²) in [7, 11) is 0. The van der Waals surface area contributed by atoms with E-state index in [2.05, 4.69) is 20.7 Å². The maximum absolute atomic E-state index is 14.1. The predicted octanol–water partition coefficient (Wildman–Crippen LogP) is 3.16. The molecule has 2 heterocycles. The first-order valence-electron chi connectivity index (χ1n) is 8.96. The number of nitrogens with one attached hydrogen (secondary N) is 4. The Bertz CT molecular complexity index is 1140. The topological polar surface area (TPSA) is 116 Å². The molecule has 0 aliphatic rings. The lowest BCUT2D eigenvalue weighted by Crippen LogP contribution is -2.30. The number of benzene rings is 1. The van der Waals surface area contributed by atoms with Crippen LogP contribution in [-0.2, 0) is 0 Å². The number of anilines is 1. The summed E-state index contributed by atoms with van der Waals surface area (Å²) in [6.07, 6.45) is 2.96. The minimum atomic E-state index is -0.925. The fourth-order valence-electron chi connectivity index (χ4n) is 2.79. The monoisotopic (exact) mass is 402 g/mol. The second-order valence-electron chi connectivity index (χ2n) is 6.87. The number of rotatable bonds is 6. The van der Waals surface area contributed by atoms with E-state index in [-0.39, 0.29) is 28.0 Å². The molecule has 1 aromatic carbocycles. The van der Waals surface area contributed by atoms with Crippen LogP contribution in [0.15, 0.2) is 29.2 Å². The summed E-state index contributed by atoms with van der Waals surface area (Å²) >= 11 is 0. The molecule has 0 unspecified atom stereocenters. The molecule has 152 valence electrons. The van der Waals surface area contributed by atoms with E-state index in [1.165, 1.54) is 6.20 Å². The molecule has 0 bridgehead atoms. The molecule has 0 spiro atoms. The van der Waals surface area contributed by atoms with Crippen molar-refractivity contribution in [1.82, 2.24) is 20.1 Å². The molecular formula is C19H20F2N6O2. The SMILES string of the molecule is CC(C)CCNC(=O)Nc1ncc2c(=O)n(-c3ccc(F)cc3F)[nH]c2c1C=N. The molecule has 29 heavy (non-hydrogen) atoms. The van der Waals surface area contributed by atoms with E-state index < -0.39 is 23.2 Å². The Labute approximate surface area is 164 Å². The number of carbonyl (C=O) groups excluding carboxylic acids is 1. The maximum Gasteiger partial charge on any atom is 0.320 e. The summed E-state index contributed by atoms with van der Waals surface area (Å²) < 4.78 is 28.2. The molecule has 0 fully saturated rings. The molecule has 2 amide bonds. The second-order valence-corrected chi connectivity index (χ2v) is 6.87. The van der Waals surface area contributed by atoms with Crippen LogP contribution in [0, 0.1) is 23.0 Å². The van der Waals surface area contributed by atoms with E-state index in [1.807, 2.05) is 13.8 Å². The Balaban J connectivity index is 1.98. The zero-order chi connectivity index (χ0) is 21.1. The molecule has 0 saturated carbocycles. The molecule has 8 nitrogen and oxygen atoms in total. The minimum Gasteiger partial charge on any atom is -0.338 e. The first kappa shape index (κ1) is 20.2. The van der Waals surface area contributed by atoms with Gasteiger partial charge in [-0.1, -0.05) is 13.8 Å². The smallest absolute Gasteiger partial charge is 0.320 e. The summed E-state index contributed by atoms with van der Waals surface area (Å²) in [4.78, 5) is 28.8. The molecule has 0 radical (unpaired) electrons. The number of hydrogen-bond donors (Lipinski definition) is 4. The van der Waals surface area contributed by atoms with Crippen molar-refractivity contribution in [3.8, 4) is 5.69 Å². The van der Waals surface area contributed by atoms with Crippen LogP contribution in [0.2, 0.25) is 0 Å². The van der Waals surface area contributed by atoms with Crippen molar-refractivity contribution >= 4 is 29.0 Å². The normalized spacial score (nSPS) is 11.1. The van der Waals surface area contributed by atoms with Crippen LogP contribution in [0.1, 0.15) is 25.8 Å². The third kappa shape index (κ3) is 4.15. The van der Waals surface area contributed by atoms with Gasteiger partial charge in [0.2, 0.25) is 0 Å². The summed E-state index contributed by atoms with van der Waals surface area (Å²) in [5, 5.41) is 15.7. The largest absolute Gasteiger partial charge is 0.338 e.